The third-order valence-corrected chi connectivity index (χ3v) is 11.0. The first-order valence-corrected chi connectivity index (χ1v) is 14.1. The number of pyridine rings is 1. The minimum Gasteiger partial charge on any atom is -0.462 e. The summed E-state index contributed by atoms with van der Waals surface area (Å²) in [4.78, 5) is 61.5. The minimum absolute atomic E-state index is 0.0318. The third kappa shape index (κ3) is 3.24. The van der Waals surface area contributed by atoms with Gasteiger partial charge in [0.05, 0.1) is 34.7 Å². The minimum atomic E-state index is -0.434. The van der Waals surface area contributed by atoms with Gasteiger partial charge in [0.2, 0.25) is 11.8 Å². The summed E-state index contributed by atoms with van der Waals surface area (Å²) in [5.74, 6) is -1.28. The Balaban J connectivity index is 1.25. The van der Waals surface area contributed by atoms with Crippen molar-refractivity contribution >= 4 is 46.6 Å². The summed E-state index contributed by atoms with van der Waals surface area (Å²) in [5.41, 5.74) is 1.91. The van der Waals surface area contributed by atoms with E-state index >= 15 is 0 Å². The van der Waals surface area contributed by atoms with Gasteiger partial charge in [-0.1, -0.05) is 17.4 Å². The lowest BCUT2D eigenvalue weighted by molar-refractivity contribution is -0.123. The van der Waals surface area contributed by atoms with Crippen molar-refractivity contribution in [2.75, 3.05) is 11.5 Å². The van der Waals surface area contributed by atoms with Crippen LogP contribution in [0.2, 0.25) is 0 Å². The van der Waals surface area contributed by atoms with Crippen LogP contribution in [0.25, 0.3) is 0 Å². The van der Waals surface area contributed by atoms with Gasteiger partial charge in [0.1, 0.15) is 0 Å². The fraction of sp³-hybridized carbons (Fsp3) is 0.370. The summed E-state index contributed by atoms with van der Waals surface area (Å²) in [7, 11) is 0. The molecule has 7 atom stereocenters. The quantitative estimate of drug-likeness (QED) is 0.402. The summed E-state index contributed by atoms with van der Waals surface area (Å²) in [6.45, 7) is 2.02. The second-order valence-electron chi connectivity index (χ2n) is 10.0. The van der Waals surface area contributed by atoms with Gasteiger partial charge in [0.15, 0.2) is 0 Å². The van der Waals surface area contributed by atoms with Crippen molar-refractivity contribution in [3.05, 3.63) is 74.5 Å². The van der Waals surface area contributed by atoms with Crippen molar-refractivity contribution in [1.82, 2.24) is 9.97 Å². The van der Waals surface area contributed by atoms with E-state index in [4.69, 9.17) is 4.74 Å². The zero-order valence-electron chi connectivity index (χ0n) is 19.8. The molecule has 7 rings (SSSR count). The molecule has 6 unspecified atom stereocenters. The summed E-state index contributed by atoms with van der Waals surface area (Å²) >= 11 is 2.91. The second kappa shape index (κ2) is 8.39. The van der Waals surface area contributed by atoms with Crippen LogP contribution in [0.3, 0.4) is 0 Å². The fourth-order valence-electron chi connectivity index (χ4n) is 7.17. The molecule has 3 fully saturated rings. The predicted molar refractivity (Wildman–Crippen MR) is 138 cm³/mol. The molecule has 0 radical (unpaired) electrons. The normalized spacial score (nSPS) is 31.3. The number of nitrogens with one attached hydrogen (secondary N) is 1. The average molecular weight is 534 g/mol. The Hall–Kier alpha value is -3.24. The molecule has 10 heteroatoms. The molecule has 2 saturated carbocycles. The molecule has 1 saturated heterocycles. The number of hydrogen-bond donors (Lipinski definition) is 1. The number of rotatable bonds is 4. The number of ether oxygens (including phenoxy) is 1. The molecule has 8 nitrogen and oxygen atoms in total. The standard InChI is InChI=1S/C27H23N3O5S2/c1-2-35-26(33)12-5-7-14(8-6-12)30-24(31)19-15-10-16(20(19)25(30)32)21-18(15)17(13-4-3-9-28-11-13)22-23(36-21)29-27(34)37-22/h3-9,11,15-21H,2,10H2,1H3,(H,29,34)/t15?,16?,17-,18?,19?,20?,21?/m1/s1. The largest absolute Gasteiger partial charge is 0.462 e. The summed E-state index contributed by atoms with van der Waals surface area (Å²) < 4.78 is 5.05. The number of carbonyl (C=O) groups excluding carboxylic acids is 3. The molecular weight excluding hydrogens is 510 g/mol. The maximum absolute atomic E-state index is 13.8. The van der Waals surface area contributed by atoms with Crippen LogP contribution in [0.1, 0.15) is 40.1 Å². The first-order chi connectivity index (χ1) is 18.0. The highest BCUT2D eigenvalue weighted by molar-refractivity contribution is 8.00. The lowest BCUT2D eigenvalue weighted by Gasteiger charge is -2.42. The Bertz CT molecular complexity index is 1480. The summed E-state index contributed by atoms with van der Waals surface area (Å²) in [6.07, 6.45) is 4.43. The lowest BCUT2D eigenvalue weighted by Crippen LogP contribution is -2.42. The van der Waals surface area contributed by atoms with E-state index in [1.807, 2.05) is 18.3 Å². The van der Waals surface area contributed by atoms with E-state index in [9.17, 15) is 19.2 Å². The zero-order valence-corrected chi connectivity index (χ0v) is 21.5. The number of aromatic nitrogens is 2. The van der Waals surface area contributed by atoms with Gasteiger partial charge in [-0.3, -0.25) is 24.3 Å². The van der Waals surface area contributed by atoms with Crippen molar-refractivity contribution in [2.24, 2.45) is 29.6 Å². The molecule has 4 heterocycles. The van der Waals surface area contributed by atoms with Crippen molar-refractivity contribution < 1.29 is 19.1 Å². The molecule has 2 aromatic heterocycles. The van der Waals surface area contributed by atoms with Gasteiger partial charge in [-0.05, 0) is 67.0 Å². The van der Waals surface area contributed by atoms with Crippen LogP contribution in [-0.2, 0) is 14.3 Å². The number of nitrogens with zero attached hydrogens (tertiary/aromatic N) is 2. The molecule has 1 aromatic carbocycles. The molecule has 1 N–H and O–H groups in total. The third-order valence-electron chi connectivity index (χ3n) is 8.40. The Morgan fingerprint density at radius 1 is 1.11 bits per heavy atom. The molecule has 2 aliphatic carbocycles. The molecule has 37 heavy (non-hydrogen) atoms. The maximum atomic E-state index is 13.8. The fourth-order valence-corrected chi connectivity index (χ4v) is 10.1. The number of anilines is 1. The zero-order chi connectivity index (χ0) is 25.4. The van der Waals surface area contributed by atoms with Crippen molar-refractivity contribution in [1.29, 1.82) is 0 Å². The van der Waals surface area contributed by atoms with Crippen LogP contribution < -0.4 is 9.77 Å². The summed E-state index contributed by atoms with van der Waals surface area (Å²) in [6, 6.07) is 10.4. The first kappa shape index (κ1) is 22.9. The van der Waals surface area contributed by atoms with Gasteiger partial charge in [0, 0.05) is 28.4 Å². The topological polar surface area (TPSA) is 109 Å². The molecule has 188 valence electrons. The number of thiazole rings is 1. The van der Waals surface area contributed by atoms with E-state index in [0.29, 0.717) is 11.3 Å². The highest BCUT2D eigenvalue weighted by Crippen LogP contribution is 2.68. The number of hydrogen-bond acceptors (Lipinski definition) is 8. The number of thioether (sulfide) groups is 1. The number of esters is 1. The van der Waals surface area contributed by atoms with Crippen LogP contribution in [-0.4, -0.2) is 39.6 Å². The number of aromatic amines is 1. The molecule has 3 aromatic rings. The Morgan fingerprint density at radius 3 is 2.57 bits per heavy atom. The molecule has 2 aliphatic heterocycles. The van der Waals surface area contributed by atoms with E-state index < -0.39 is 5.97 Å². The van der Waals surface area contributed by atoms with E-state index in [-0.39, 0.29) is 64.1 Å². The average Bonchev–Trinajstić information content (AvgIpc) is 3.63. The molecular formula is C27H23N3O5S2. The Morgan fingerprint density at radius 2 is 1.86 bits per heavy atom. The molecule has 4 aliphatic rings. The van der Waals surface area contributed by atoms with Gasteiger partial charge in [0.25, 0.3) is 0 Å². The Kier molecular flexibility index (Phi) is 5.20. The number of benzene rings is 1. The maximum Gasteiger partial charge on any atom is 0.338 e. The number of imide groups is 1. The second-order valence-corrected chi connectivity index (χ2v) is 12.2. The van der Waals surface area contributed by atoms with Crippen LogP contribution in [0.15, 0.2) is 58.6 Å². The first-order valence-electron chi connectivity index (χ1n) is 12.4. The molecule has 0 spiro atoms. The van der Waals surface area contributed by atoms with E-state index in [1.54, 1.807) is 49.1 Å². The monoisotopic (exact) mass is 533 g/mol. The highest BCUT2D eigenvalue weighted by atomic mass is 32.2. The SMILES string of the molecule is CCOC(=O)c1ccc(N2C(=O)C3C4CC(C3C2=O)C2C4Sc3[nH]c(=O)sc3[C@@H]2c2cccnc2)cc1. The molecule has 2 amide bonds. The predicted octanol–water partition coefficient (Wildman–Crippen LogP) is 3.69. The van der Waals surface area contributed by atoms with Crippen LogP contribution in [0, 0.1) is 29.6 Å². The van der Waals surface area contributed by atoms with Gasteiger partial charge in [-0.15, -0.1) is 11.8 Å². The van der Waals surface area contributed by atoms with Gasteiger partial charge >= 0.3 is 10.8 Å². The van der Waals surface area contributed by atoms with Gasteiger partial charge < -0.3 is 9.72 Å². The van der Waals surface area contributed by atoms with Crippen molar-refractivity contribution in [2.45, 2.75) is 29.5 Å². The van der Waals surface area contributed by atoms with Crippen molar-refractivity contribution in [3.63, 3.8) is 0 Å². The number of H-pyrrole nitrogens is 1. The Labute approximate surface area is 220 Å². The van der Waals surface area contributed by atoms with Crippen LogP contribution in [0.4, 0.5) is 5.69 Å². The molecule has 2 bridgehead atoms. The summed E-state index contributed by atoms with van der Waals surface area (Å²) in [5, 5.41) is 1.02. The van der Waals surface area contributed by atoms with Gasteiger partial charge in [-0.25, -0.2) is 4.79 Å². The van der Waals surface area contributed by atoms with Crippen LogP contribution in [0.5, 0.6) is 0 Å². The van der Waals surface area contributed by atoms with Crippen molar-refractivity contribution in [3.8, 4) is 0 Å². The van der Waals surface area contributed by atoms with E-state index in [1.165, 1.54) is 16.2 Å². The number of fused-ring (bicyclic) bond motifs is 9. The lowest BCUT2D eigenvalue weighted by atomic mass is 9.68. The highest BCUT2D eigenvalue weighted by Gasteiger charge is 2.69. The van der Waals surface area contributed by atoms with Gasteiger partial charge in [-0.2, -0.15) is 0 Å². The van der Waals surface area contributed by atoms with E-state index in [0.717, 1.165) is 21.9 Å². The number of amides is 2. The smallest absolute Gasteiger partial charge is 0.338 e. The number of carbonyl (C=O) groups is 3. The van der Waals surface area contributed by atoms with E-state index in [2.05, 4.69) is 9.97 Å². The van der Waals surface area contributed by atoms with Crippen LogP contribution >= 0.6 is 23.1 Å².